The molecule has 0 saturated carbocycles. The van der Waals surface area contributed by atoms with E-state index >= 15 is 0 Å². The molecule has 0 radical (unpaired) electrons. The Morgan fingerprint density at radius 1 is 0.718 bits per heavy atom. The highest BCUT2D eigenvalue weighted by Gasteiger charge is 2.31. The summed E-state index contributed by atoms with van der Waals surface area (Å²) in [5.41, 5.74) is 0.911. The molecular formula is C27H20F6N6. The van der Waals surface area contributed by atoms with Crippen LogP contribution < -0.4 is 10.6 Å². The maximum atomic E-state index is 13.1. The van der Waals surface area contributed by atoms with Crippen molar-refractivity contribution in [2.75, 3.05) is 10.6 Å². The molecule has 39 heavy (non-hydrogen) atoms. The highest BCUT2D eigenvalue weighted by atomic mass is 19.4. The summed E-state index contributed by atoms with van der Waals surface area (Å²) in [5.74, 6) is 0.483. The van der Waals surface area contributed by atoms with E-state index in [9.17, 15) is 26.3 Å². The van der Waals surface area contributed by atoms with Gasteiger partial charge in [-0.1, -0.05) is 42.5 Å². The molecule has 2 heterocycles. The van der Waals surface area contributed by atoms with Crippen LogP contribution in [0.15, 0.2) is 85.2 Å². The van der Waals surface area contributed by atoms with Crippen LogP contribution in [0.4, 0.5) is 43.8 Å². The zero-order chi connectivity index (χ0) is 27.6. The summed E-state index contributed by atoms with van der Waals surface area (Å²) in [6.07, 6.45) is -7.42. The number of benzene rings is 3. The normalized spacial score (nSPS) is 12.1. The van der Waals surface area contributed by atoms with E-state index in [1.165, 1.54) is 24.5 Å². The van der Waals surface area contributed by atoms with Gasteiger partial charge in [-0.3, -0.25) is 0 Å². The predicted octanol–water partition coefficient (Wildman–Crippen LogP) is 7.27. The van der Waals surface area contributed by atoms with Crippen molar-refractivity contribution in [3.8, 4) is 0 Å². The van der Waals surface area contributed by atoms with Gasteiger partial charge in [-0.05, 0) is 47.5 Å². The molecule has 200 valence electrons. The third kappa shape index (κ3) is 6.11. The molecule has 0 bridgehead atoms. The summed E-state index contributed by atoms with van der Waals surface area (Å²) < 4.78 is 79.9. The SMILES string of the molecule is FC(F)(F)c1ccc(Cn2cnc3c(NCc4cccc(C(F)(F)F)c4)nc(Nc4ccccc4)nc32)cc1. The Balaban J connectivity index is 1.47. The van der Waals surface area contributed by atoms with Crippen molar-refractivity contribution in [3.05, 3.63) is 107 Å². The Labute approximate surface area is 218 Å². The summed E-state index contributed by atoms with van der Waals surface area (Å²) in [5, 5.41) is 6.14. The molecule has 0 aliphatic carbocycles. The van der Waals surface area contributed by atoms with Gasteiger partial charge in [-0.2, -0.15) is 36.3 Å². The number of rotatable bonds is 7. The van der Waals surface area contributed by atoms with Gasteiger partial charge in [0.15, 0.2) is 17.0 Å². The number of aromatic nitrogens is 4. The maximum absolute atomic E-state index is 13.1. The molecule has 0 aliphatic heterocycles. The van der Waals surface area contributed by atoms with Crippen LogP contribution in [0.2, 0.25) is 0 Å². The number of hydrogen-bond donors (Lipinski definition) is 2. The van der Waals surface area contributed by atoms with Gasteiger partial charge in [-0.15, -0.1) is 0 Å². The molecular weight excluding hydrogens is 522 g/mol. The topological polar surface area (TPSA) is 67.7 Å². The lowest BCUT2D eigenvalue weighted by atomic mass is 10.1. The molecule has 5 aromatic rings. The second kappa shape index (κ2) is 10.3. The summed E-state index contributed by atoms with van der Waals surface area (Å²) in [4.78, 5) is 13.4. The van der Waals surface area contributed by atoms with Crippen LogP contribution in [0.3, 0.4) is 0 Å². The van der Waals surface area contributed by atoms with Gasteiger partial charge in [0.05, 0.1) is 24.0 Å². The summed E-state index contributed by atoms with van der Waals surface area (Å²) >= 11 is 0. The minimum atomic E-state index is -4.47. The fraction of sp³-hybridized carbons (Fsp3) is 0.148. The van der Waals surface area contributed by atoms with Crippen LogP contribution in [-0.4, -0.2) is 19.5 Å². The van der Waals surface area contributed by atoms with Crippen LogP contribution in [0.5, 0.6) is 0 Å². The van der Waals surface area contributed by atoms with Crippen molar-refractivity contribution in [2.45, 2.75) is 25.4 Å². The Morgan fingerprint density at radius 3 is 2.13 bits per heavy atom. The fourth-order valence-corrected chi connectivity index (χ4v) is 3.93. The molecule has 0 fully saturated rings. The van der Waals surface area contributed by atoms with Crippen molar-refractivity contribution in [2.24, 2.45) is 0 Å². The number of alkyl halides is 6. The summed E-state index contributed by atoms with van der Waals surface area (Å²) in [6.45, 7) is 0.218. The Kier molecular flexibility index (Phi) is 6.85. The second-order valence-corrected chi connectivity index (χ2v) is 8.68. The van der Waals surface area contributed by atoms with E-state index < -0.39 is 23.5 Å². The minimum absolute atomic E-state index is 0.0343. The van der Waals surface area contributed by atoms with Crippen LogP contribution in [0.25, 0.3) is 11.2 Å². The van der Waals surface area contributed by atoms with Gasteiger partial charge in [0.25, 0.3) is 0 Å². The van der Waals surface area contributed by atoms with Gasteiger partial charge in [-0.25, -0.2) is 4.98 Å². The number of anilines is 3. The lowest BCUT2D eigenvalue weighted by Gasteiger charge is -2.12. The molecule has 5 rings (SSSR count). The zero-order valence-electron chi connectivity index (χ0n) is 20.1. The third-order valence-electron chi connectivity index (χ3n) is 5.84. The van der Waals surface area contributed by atoms with Gasteiger partial charge in [0.2, 0.25) is 5.95 Å². The van der Waals surface area contributed by atoms with Crippen LogP contribution in [-0.2, 0) is 25.4 Å². The van der Waals surface area contributed by atoms with E-state index in [1.807, 2.05) is 30.3 Å². The third-order valence-corrected chi connectivity index (χ3v) is 5.84. The first-order valence-corrected chi connectivity index (χ1v) is 11.7. The average Bonchev–Trinajstić information content (AvgIpc) is 3.30. The smallest absolute Gasteiger partial charge is 0.364 e. The first-order chi connectivity index (χ1) is 18.6. The van der Waals surface area contributed by atoms with E-state index in [0.29, 0.717) is 28.0 Å². The molecule has 0 unspecified atom stereocenters. The van der Waals surface area contributed by atoms with Gasteiger partial charge >= 0.3 is 12.4 Å². The quantitative estimate of drug-likeness (QED) is 0.212. The van der Waals surface area contributed by atoms with Crippen molar-refractivity contribution < 1.29 is 26.3 Å². The minimum Gasteiger partial charge on any atom is -0.364 e. The van der Waals surface area contributed by atoms with Gasteiger partial charge in [0.1, 0.15) is 0 Å². The van der Waals surface area contributed by atoms with E-state index in [-0.39, 0.29) is 24.9 Å². The average molecular weight is 542 g/mol. The molecule has 2 aromatic heterocycles. The van der Waals surface area contributed by atoms with E-state index in [2.05, 4.69) is 25.6 Å². The maximum Gasteiger partial charge on any atom is 0.416 e. The van der Waals surface area contributed by atoms with E-state index in [1.54, 1.807) is 10.6 Å². The summed E-state index contributed by atoms with van der Waals surface area (Å²) in [6, 6.07) is 18.8. The van der Waals surface area contributed by atoms with Gasteiger partial charge < -0.3 is 15.2 Å². The summed E-state index contributed by atoms with van der Waals surface area (Å²) in [7, 11) is 0. The van der Waals surface area contributed by atoms with Crippen molar-refractivity contribution in [1.82, 2.24) is 19.5 Å². The number of hydrogen-bond acceptors (Lipinski definition) is 5. The molecule has 3 aromatic carbocycles. The number of nitrogens with zero attached hydrogens (tertiary/aromatic N) is 4. The lowest BCUT2D eigenvalue weighted by molar-refractivity contribution is -0.138. The molecule has 12 heteroatoms. The number of fused-ring (bicyclic) bond motifs is 1. The second-order valence-electron chi connectivity index (χ2n) is 8.68. The largest absolute Gasteiger partial charge is 0.416 e. The molecule has 0 atom stereocenters. The van der Waals surface area contributed by atoms with Gasteiger partial charge in [0, 0.05) is 12.2 Å². The zero-order valence-corrected chi connectivity index (χ0v) is 20.1. The molecule has 6 nitrogen and oxygen atoms in total. The standard InChI is InChI=1S/C27H20F6N6/c28-26(29,30)19-11-9-17(10-12-19)15-39-16-35-22-23(34-14-18-5-4-6-20(13-18)27(31,32)33)37-25(38-24(22)39)36-21-7-2-1-3-8-21/h1-13,16H,14-15H2,(H2,34,36,37,38). The number of nitrogens with one attached hydrogen (secondary N) is 2. The molecule has 2 N–H and O–H groups in total. The fourth-order valence-electron chi connectivity index (χ4n) is 3.93. The number of imidazole rings is 1. The van der Waals surface area contributed by atoms with E-state index in [0.717, 1.165) is 24.3 Å². The van der Waals surface area contributed by atoms with Crippen LogP contribution in [0.1, 0.15) is 22.3 Å². The van der Waals surface area contributed by atoms with Crippen LogP contribution >= 0.6 is 0 Å². The van der Waals surface area contributed by atoms with Crippen LogP contribution in [0, 0.1) is 0 Å². The first-order valence-electron chi connectivity index (χ1n) is 11.7. The van der Waals surface area contributed by atoms with Crippen molar-refractivity contribution in [3.63, 3.8) is 0 Å². The van der Waals surface area contributed by atoms with Crippen molar-refractivity contribution in [1.29, 1.82) is 0 Å². The lowest BCUT2D eigenvalue weighted by Crippen LogP contribution is -2.09. The number of para-hydroxylation sites is 1. The molecule has 0 spiro atoms. The molecule has 0 aliphatic rings. The predicted molar refractivity (Wildman–Crippen MR) is 134 cm³/mol. The highest BCUT2D eigenvalue weighted by Crippen LogP contribution is 2.31. The first kappa shape index (κ1) is 26.0. The van der Waals surface area contributed by atoms with Crippen molar-refractivity contribution >= 4 is 28.6 Å². The Morgan fingerprint density at radius 2 is 1.44 bits per heavy atom. The Hall–Kier alpha value is -4.61. The Bertz CT molecular complexity index is 1580. The molecule has 0 saturated heterocycles. The number of halogens is 6. The molecule has 0 amide bonds. The monoisotopic (exact) mass is 542 g/mol. The van der Waals surface area contributed by atoms with E-state index in [4.69, 9.17) is 0 Å². The highest BCUT2D eigenvalue weighted by molar-refractivity contribution is 5.84.